The molecule has 2 fully saturated rings. The van der Waals surface area contributed by atoms with Gasteiger partial charge < -0.3 is 14.4 Å². The van der Waals surface area contributed by atoms with Gasteiger partial charge in [0, 0.05) is 44.8 Å². The van der Waals surface area contributed by atoms with Gasteiger partial charge in [-0.25, -0.2) is 0 Å². The minimum absolute atomic E-state index is 0.0633. The number of hydrogen-bond donors (Lipinski definition) is 1. The molecule has 8 nitrogen and oxygen atoms in total. The molecule has 4 heterocycles. The number of amides is 1. The van der Waals surface area contributed by atoms with Crippen molar-refractivity contribution in [2.75, 3.05) is 46.0 Å². The Morgan fingerprint density at radius 3 is 2.81 bits per heavy atom. The molecule has 0 aromatic carbocycles. The van der Waals surface area contributed by atoms with Crippen LogP contribution < -0.4 is 0 Å². The summed E-state index contributed by atoms with van der Waals surface area (Å²) in [5.74, 6) is -0.0633. The summed E-state index contributed by atoms with van der Waals surface area (Å²) in [5.41, 5.74) is 1.48. The maximum absolute atomic E-state index is 13.0. The molecule has 2 aromatic rings. The van der Waals surface area contributed by atoms with Gasteiger partial charge in [0.2, 0.25) is 0 Å². The van der Waals surface area contributed by atoms with Crippen LogP contribution in [0.5, 0.6) is 0 Å². The van der Waals surface area contributed by atoms with Crippen LogP contribution in [-0.2, 0) is 9.47 Å². The lowest BCUT2D eigenvalue weighted by Gasteiger charge is -2.43. The molecule has 0 saturated carbocycles. The quantitative estimate of drug-likeness (QED) is 0.868. The van der Waals surface area contributed by atoms with Crippen molar-refractivity contribution in [3.05, 3.63) is 48.0 Å². The Morgan fingerprint density at radius 1 is 1.19 bits per heavy atom. The highest BCUT2D eigenvalue weighted by Gasteiger charge is 2.38. The standard InChI is InChI=1S/C18H23N5O3/c24-18(15-3-5-20-21-15)23-8-11-26-16(13-22-6-9-25-10-7-22)17(23)14-2-1-4-19-12-14/h1-5,12,16-17H,6-11,13H2,(H,20,21)/t16-,17-/m0/s1. The van der Waals surface area contributed by atoms with Crippen molar-refractivity contribution in [2.24, 2.45) is 0 Å². The van der Waals surface area contributed by atoms with Crippen molar-refractivity contribution in [3.8, 4) is 0 Å². The van der Waals surface area contributed by atoms with Gasteiger partial charge in [0.25, 0.3) is 5.91 Å². The Balaban J connectivity index is 1.60. The third-order valence-corrected chi connectivity index (χ3v) is 4.91. The number of aromatic nitrogens is 3. The van der Waals surface area contributed by atoms with Crippen molar-refractivity contribution in [1.29, 1.82) is 0 Å². The Bertz CT molecular complexity index is 703. The van der Waals surface area contributed by atoms with E-state index >= 15 is 0 Å². The molecule has 2 aliphatic rings. The molecule has 2 atom stereocenters. The smallest absolute Gasteiger partial charge is 0.272 e. The molecule has 0 aliphatic carbocycles. The van der Waals surface area contributed by atoms with Gasteiger partial charge in [-0.15, -0.1) is 0 Å². The predicted octanol–water partition coefficient (Wildman–Crippen LogP) is 0.719. The van der Waals surface area contributed by atoms with Crippen LogP contribution in [0.1, 0.15) is 22.1 Å². The van der Waals surface area contributed by atoms with E-state index in [0.29, 0.717) is 18.8 Å². The Morgan fingerprint density at radius 2 is 2.08 bits per heavy atom. The zero-order valence-electron chi connectivity index (χ0n) is 14.6. The second kappa shape index (κ2) is 7.94. The molecular formula is C18H23N5O3. The molecule has 2 aliphatic heterocycles. The van der Waals surface area contributed by atoms with E-state index in [4.69, 9.17) is 9.47 Å². The van der Waals surface area contributed by atoms with E-state index in [-0.39, 0.29) is 18.1 Å². The van der Waals surface area contributed by atoms with E-state index < -0.39 is 0 Å². The zero-order chi connectivity index (χ0) is 17.8. The second-order valence-corrected chi connectivity index (χ2v) is 6.52. The van der Waals surface area contributed by atoms with Gasteiger partial charge in [0.1, 0.15) is 5.69 Å². The van der Waals surface area contributed by atoms with Crippen molar-refractivity contribution in [2.45, 2.75) is 12.1 Å². The number of hydrogen-bond acceptors (Lipinski definition) is 6. The lowest BCUT2D eigenvalue weighted by molar-refractivity contribution is -0.0820. The van der Waals surface area contributed by atoms with E-state index in [1.165, 1.54) is 0 Å². The first-order chi connectivity index (χ1) is 12.8. The topological polar surface area (TPSA) is 83.6 Å². The van der Waals surface area contributed by atoms with Crippen LogP contribution in [-0.4, -0.2) is 83.0 Å². The molecule has 0 spiro atoms. The summed E-state index contributed by atoms with van der Waals surface area (Å²) >= 11 is 0. The SMILES string of the molecule is O=C(c1ccn[nH]1)N1CCO[C@@H](CN2CCOCC2)[C@@H]1c1cccnc1. The molecule has 8 heteroatoms. The summed E-state index contributed by atoms with van der Waals surface area (Å²) in [5, 5.41) is 6.69. The van der Waals surface area contributed by atoms with Gasteiger partial charge >= 0.3 is 0 Å². The van der Waals surface area contributed by atoms with Gasteiger partial charge in [-0.05, 0) is 17.7 Å². The minimum Gasteiger partial charge on any atom is -0.379 e. The minimum atomic E-state index is -0.184. The lowest BCUT2D eigenvalue weighted by atomic mass is 9.98. The molecule has 138 valence electrons. The number of H-pyrrole nitrogens is 1. The van der Waals surface area contributed by atoms with Gasteiger partial charge in [0.15, 0.2) is 0 Å². The normalized spacial score (nSPS) is 24.5. The third-order valence-electron chi connectivity index (χ3n) is 4.91. The van der Waals surface area contributed by atoms with Crippen molar-refractivity contribution in [1.82, 2.24) is 25.0 Å². The number of carbonyl (C=O) groups excluding carboxylic acids is 1. The number of nitrogens with zero attached hydrogens (tertiary/aromatic N) is 4. The van der Waals surface area contributed by atoms with Crippen LogP contribution in [0.4, 0.5) is 0 Å². The summed E-state index contributed by atoms with van der Waals surface area (Å²) in [6, 6.07) is 5.42. The second-order valence-electron chi connectivity index (χ2n) is 6.52. The maximum Gasteiger partial charge on any atom is 0.272 e. The summed E-state index contributed by atoms with van der Waals surface area (Å²) in [7, 11) is 0. The monoisotopic (exact) mass is 357 g/mol. The number of ether oxygens (including phenoxy) is 2. The first-order valence-electron chi connectivity index (χ1n) is 8.95. The summed E-state index contributed by atoms with van der Waals surface area (Å²) in [4.78, 5) is 21.5. The number of rotatable bonds is 4. The molecule has 1 N–H and O–H groups in total. The first-order valence-corrected chi connectivity index (χ1v) is 8.95. The number of aromatic amines is 1. The molecular weight excluding hydrogens is 334 g/mol. The number of pyridine rings is 1. The van der Waals surface area contributed by atoms with Gasteiger partial charge in [0.05, 0.1) is 32.0 Å². The number of carbonyl (C=O) groups is 1. The average Bonchev–Trinajstić information content (AvgIpc) is 3.23. The Kier molecular flexibility index (Phi) is 5.24. The number of morpholine rings is 2. The highest BCUT2D eigenvalue weighted by molar-refractivity contribution is 5.92. The fourth-order valence-corrected chi connectivity index (χ4v) is 3.63. The zero-order valence-corrected chi connectivity index (χ0v) is 14.6. The van der Waals surface area contributed by atoms with Gasteiger partial charge in [-0.3, -0.25) is 19.8 Å². The van der Waals surface area contributed by atoms with Crippen molar-refractivity contribution >= 4 is 5.91 Å². The molecule has 4 rings (SSSR count). The molecule has 2 saturated heterocycles. The van der Waals surface area contributed by atoms with E-state index in [1.54, 1.807) is 18.5 Å². The van der Waals surface area contributed by atoms with Crippen LogP contribution in [0.25, 0.3) is 0 Å². The van der Waals surface area contributed by atoms with E-state index in [2.05, 4.69) is 20.1 Å². The van der Waals surface area contributed by atoms with Crippen LogP contribution in [0, 0.1) is 0 Å². The van der Waals surface area contributed by atoms with Crippen LogP contribution in [0.2, 0.25) is 0 Å². The van der Waals surface area contributed by atoms with Crippen LogP contribution in [0.15, 0.2) is 36.8 Å². The summed E-state index contributed by atoms with van der Waals surface area (Å²) < 4.78 is 11.6. The van der Waals surface area contributed by atoms with Gasteiger partial charge in [-0.2, -0.15) is 5.10 Å². The molecule has 2 aromatic heterocycles. The van der Waals surface area contributed by atoms with Crippen LogP contribution >= 0.6 is 0 Å². The highest BCUT2D eigenvalue weighted by Crippen LogP contribution is 2.31. The van der Waals surface area contributed by atoms with Crippen LogP contribution in [0.3, 0.4) is 0 Å². The van der Waals surface area contributed by atoms with Crippen molar-refractivity contribution in [3.63, 3.8) is 0 Å². The predicted molar refractivity (Wildman–Crippen MR) is 93.6 cm³/mol. The fourth-order valence-electron chi connectivity index (χ4n) is 3.63. The average molecular weight is 357 g/mol. The molecule has 0 radical (unpaired) electrons. The first kappa shape index (κ1) is 17.1. The van der Waals surface area contributed by atoms with Gasteiger partial charge in [-0.1, -0.05) is 6.07 Å². The molecule has 26 heavy (non-hydrogen) atoms. The summed E-state index contributed by atoms with van der Waals surface area (Å²) in [6.07, 6.45) is 5.04. The molecule has 0 unspecified atom stereocenters. The highest BCUT2D eigenvalue weighted by atomic mass is 16.5. The van der Waals surface area contributed by atoms with E-state index in [1.807, 2.05) is 23.2 Å². The largest absolute Gasteiger partial charge is 0.379 e. The Hall–Kier alpha value is -2.29. The van der Waals surface area contributed by atoms with Crippen molar-refractivity contribution < 1.29 is 14.3 Å². The summed E-state index contributed by atoms with van der Waals surface area (Å²) in [6.45, 7) is 5.06. The van der Waals surface area contributed by atoms with E-state index in [0.717, 1.165) is 38.4 Å². The number of nitrogens with one attached hydrogen (secondary N) is 1. The fraction of sp³-hybridized carbons (Fsp3) is 0.500. The molecule has 1 amide bonds. The van der Waals surface area contributed by atoms with E-state index in [9.17, 15) is 4.79 Å². The third kappa shape index (κ3) is 3.62. The lowest BCUT2D eigenvalue weighted by Crippen LogP contribution is -2.53. The maximum atomic E-state index is 13.0. The molecule has 0 bridgehead atoms. The Labute approximate surface area is 152 Å².